The van der Waals surface area contributed by atoms with Crippen molar-refractivity contribution in [2.45, 2.75) is 26.5 Å². The van der Waals surface area contributed by atoms with Gasteiger partial charge in [-0.1, -0.05) is 35.3 Å². The van der Waals surface area contributed by atoms with E-state index in [0.717, 1.165) is 9.13 Å². The Hall–Kier alpha value is -3.53. The number of methoxy groups -OCH3 is 1. The molecule has 1 atom stereocenters. The van der Waals surface area contributed by atoms with Gasteiger partial charge < -0.3 is 29.6 Å². The van der Waals surface area contributed by atoms with Crippen LogP contribution in [0.25, 0.3) is 0 Å². The van der Waals surface area contributed by atoms with E-state index in [0.29, 0.717) is 42.8 Å². The van der Waals surface area contributed by atoms with E-state index in [1.807, 2.05) is 12.1 Å². The molecule has 3 N–H and O–H groups in total. The number of rotatable bonds is 12. The first-order valence-corrected chi connectivity index (χ1v) is 16.3. The standard InChI is InChI=1S/C31H28BrCl2IN4O7/c1-4-44-30(41)27-16(2)37-31(42)38-28(27)18-6-8-24(25(11-18)43-3)45-15-26(40)39-36-13-17-9-21(32)29(23(35)10-17)46-14-19-5-7-20(33)12-22(19)34/h5-13,28H,4,14-15H2,1-3H3,(H,39,40)(H2,37,38,42)/b36-13-/t28-/m0/s1. The third-order valence-electron chi connectivity index (χ3n) is 6.45. The third kappa shape index (κ3) is 9.05. The maximum absolute atomic E-state index is 12.6. The van der Waals surface area contributed by atoms with Crippen LogP contribution in [0, 0.1) is 3.57 Å². The first-order valence-electron chi connectivity index (χ1n) is 13.6. The van der Waals surface area contributed by atoms with Crippen LogP contribution in [0.15, 0.2) is 69.4 Å². The summed E-state index contributed by atoms with van der Waals surface area (Å²) in [6.45, 7) is 3.40. The van der Waals surface area contributed by atoms with Crippen LogP contribution in [0.5, 0.6) is 17.2 Å². The lowest BCUT2D eigenvalue weighted by Gasteiger charge is -2.28. The highest BCUT2D eigenvalue weighted by atomic mass is 127. The molecule has 3 aromatic carbocycles. The Balaban J connectivity index is 1.36. The minimum atomic E-state index is -0.779. The zero-order chi connectivity index (χ0) is 33.4. The van der Waals surface area contributed by atoms with E-state index in [1.54, 1.807) is 50.2 Å². The van der Waals surface area contributed by atoms with E-state index in [4.69, 9.17) is 42.1 Å². The number of hydrogen-bond acceptors (Lipinski definition) is 8. The Kier molecular flexibility index (Phi) is 12.5. The molecule has 4 rings (SSSR count). The number of hydrazone groups is 1. The molecule has 0 bridgehead atoms. The van der Waals surface area contributed by atoms with Crippen molar-refractivity contribution in [1.29, 1.82) is 0 Å². The molecule has 0 fully saturated rings. The number of amides is 3. The van der Waals surface area contributed by atoms with E-state index < -0.39 is 23.9 Å². The molecular formula is C31H28BrCl2IN4O7. The number of nitrogens with one attached hydrogen (secondary N) is 3. The molecule has 242 valence electrons. The molecule has 0 unspecified atom stereocenters. The molecule has 0 saturated carbocycles. The van der Waals surface area contributed by atoms with Gasteiger partial charge in [-0.05, 0) is 99.9 Å². The minimum absolute atomic E-state index is 0.179. The molecule has 0 radical (unpaired) electrons. The van der Waals surface area contributed by atoms with Crippen molar-refractivity contribution in [3.8, 4) is 17.2 Å². The van der Waals surface area contributed by atoms with E-state index >= 15 is 0 Å². The summed E-state index contributed by atoms with van der Waals surface area (Å²) in [5, 5.41) is 10.4. The molecule has 15 heteroatoms. The molecule has 3 aromatic rings. The number of urea groups is 1. The highest BCUT2D eigenvalue weighted by Crippen LogP contribution is 2.35. The SMILES string of the molecule is CCOC(=O)C1=C(C)NC(=O)N[C@H]1c1ccc(OCC(=O)N/N=C\c2cc(Br)c(OCc3ccc(Cl)cc3Cl)c(I)c2)c(OC)c1. The van der Waals surface area contributed by atoms with Gasteiger partial charge in [-0.15, -0.1) is 0 Å². The van der Waals surface area contributed by atoms with Crippen LogP contribution >= 0.6 is 61.7 Å². The molecular weight excluding hydrogens is 818 g/mol. The van der Waals surface area contributed by atoms with Crippen molar-refractivity contribution in [3.05, 3.63) is 94.6 Å². The summed E-state index contributed by atoms with van der Waals surface area (Å²) in [6, 6.07) is 12.5. The second-order valence-electron chi connectivity index (χ2n) is 9.62. The summed E-state index contributed by atoms with van der Waals surface area (Å²) in [5.74, 6) is 0.136. The monoisotopic (exact) mass is 844 g/mol. The van der Waals surface area contributed by atoms with Crippen LogP contribution in [0.1, 0.15) is 36.6 Å². The van der Waals surface area contributed by atoms with Gasteiger partial charge in [-0.3, -0.25) is 4.79 Å². The number of halogens is 4. The molecule has 0 saturated heterocycles. The van der Waals surface area contributed by atoms with Crippen molar-refractivity contribution in [2.75, 3.05) is 20.3 Å². The van der Waals surface area contributed by atoms with Crippen LogP contribution in [-0.2, 0) is 20.9 Å². The van der Waals surface area contributed by atoms with Crippen LogP contribution in [0.3, 0.4) is 0 Å². The van der Waals surface area contributed by atoms with Crippen LogP contribution in [-0.4, -0.2) is 44.4 Å². The maximum Gasteiger partial charge on any atom is 0.338 e. The van der Waals surface area contributed by atoms with Crippen LogP contribution < -0.4 is 30.3 Å². The average Bonchev–Trinajstić information content (AvgIpc) is 3.00. The number of benzene rings is 3. The molecule has 11 nitrogen and oxygen atoms in total. The molecule has 1 heterocycles. The largest absolute Gasteiger partial charge is 0.493 e. The van der Waals surface area contributed by atoms with Gasteiger partial charge in [0.1, 0.15) is 12.4 Å². The fraction of sp³-hybridized carbons (Fsp3) is 0.226. The van der Waals surface area contributed by atoms with Crippen molar-refractivity contribution in [3.63, 3.8) is 0 Å². The number of ether oxygens (including phenoxy) is 4. The maximum atomic E-state index is 12.6. The Morgan fingerprint density at radius 2 is 1.89 bits per heavy atom. The lowest BCUT2D eigenvalue weighted by Crippen LogP contribution is -2.45. The van der Waals surface area contributed by atoms with Crippen molar-refractivity contribution in [2.24, 2.45) is 5.10 Å². The molecule has 1 aliphatic rings. The second kappa shape index (κ2) is 16.3. The predicted molar refractivity (Wildman–Crippen MR) is 186 cm³/mol. The lowest BCUT2D eigenvalue weighted by molar-refractivity contribution is -0.139. The Labute approximate surface area is 297 Å². The van der Waals surface area contributed by atoms with Crippen LogP contribution in [0.4, 0.5) is 4.79 Å². The molecule has 1 aliphatic heterocycles. The van der Waals surface area contributed by atoms with Gasteiger partial charge in [0.15, 0.2) is 18.1 Å². The summed E-state index contributed by atoms with van der Waals surface area (Å²) in [4.78, 5) is 37.3. The van der Waals surface area contributed by atoms with Gasteiger partial charge in [0, 0.05) is 21.3 Å². The summed E-state index contributed by atoms with van der Waals surface area (Å²) >= 11 is 17.9. The fourth-order valence-electron chi connectivity index (χ4n) is 4.34. The highest BCUT2D eigenvalue weighted by molar-refractivity contribution is 14.1. The molecule has 0 spiro atoms. The smallest absolute Gasteiger partial charge is 0.338 e. The molecule has 3 amide bonds. The first kappa shape index (κ1) is 35.3. The van der Waals surface area contributed by atoms with E-state index in [1.165, 1.54) is 13.3 Å². The van der Waals surface area contributed by atoms with Crippen molar-refractivity contribution < 1.29 is 33.3 Å². The van der Waals surface area contributed by atoms with Crippen LogP contribution in [0.2, 0.25) is 10.0 Å². The van der Waals surface area contributed by atoms with E-state index in [9.17, 15) is 14.4 Å². The zero-order valence-electron chi connectivity index (χ0n) is 24.7. The normalized spacial score (nSPS) is 14.4. The average molecular weight is 846 g/mol. The number of allylic oxidation sites excluding steroid dienone is 1. The summed E-state index contributed by atoms with van der Waals surface area (Å²) in [6.07, 6.45) is 1.49. The lowest BCUT2D eigenvalue weighted by atomic mass is 9.95. The molecule has 0 aromatic heterocycles. The zero-order valence-corrected chi connectivity index (χ0v) is 30.0. The van der Waals surface area contributed by atoms with Gasteiger partial charge in [0.25, 0.3) is 5.91 Å². The predicted octanol–water partition coefficient (Wildman–Crippen LogP) is 6.67. The van der Waals surface area contributed by atoms with Gasteiger partial charge in [-0.25, -0.2) is 15.0 Å². The third-order valence-corrected chi connectivity index (χ3v) is 8.43. The number of nitrogens with zero attached hydrogens (tertiary/aromatic N) is 1. The van der Waals surface area contributed by atoms with Gasteiger partial charge in [-0.2, -0.15) is 5.10 Å². The highest BCUT2D eigenvalue weighted by Gasteiger charge is 2.32. The number of carbonyl (C=O) groups is 3. The van der Waals surface area contributed by atoms with Crippen molar-refractivity contribution in [1.82, 2.24) is 16.1 Å². The Morgan fingerprint density at radius 1 is 1.11 bits per heavy atom. The Bertz CT molecular complexity index is 1700. The number of esters is 1. The number of carbonyl (C=O) groups excluding carboxylic acids is 3. The second-order valence-corrected chi connectivity index (χ2v) is 12.5. The first-order chi connectivity index (χ1) is 22.0. The van der Waals surface area contributed by atoms with Crippen molar-refractivity contribution >= 4 is 85.8 Å². The minimum Gasteiger partial charge on any atom is -0.493 e. The summed E-state index contributed by atoms with van der Waals surface area (Å²) < 4.78 is 23.8. The van der Waals surface area contributed by atoms with Gasteiger partial charge >= 0.3 is 12.0 Å². The quantitative estimate of drug-likeness (QED) is 0.0803. The summed E-state index contributed by atoms with van der Waals surface area (Å²) in [7, 11) is 1.44. The Morgan fingerprint density at radius 3 is 2.59 bits per heavy atom. The fourth-order valence-corrected chi connectivity index (χ4v) is 6.57. The van der Waals surface area contributed by atoms with E-state index in [2.05, 4.69) is 59.7 Å². The summed E-state index contributed by atoms with van der Waals surface area (Å²) in [5.41, 5.74) is 5.14. The van der Waals surface area contributed by atoms with E-state index in [-0.39, 0.29) is 31.1 Å². The topological polar surface area (TPSA) is 137 Å². The molecule has 46 heavy (non-hydrogen) atoms. The van der Waals surface area contributed by atoms with Gasteiger partial charge in [0.05, 0.1) is 39.6 Å². The molecule has 0 aliphatic carbocycles. The van der Waals surface area contributed by atoms with Gasteiger partial charge in [0.2, 0.25) is 0 Å². The number of hydrogen-bond donors (Lipinski definition) is 3.